The first-order valence-electron chi connectivity index (χ1n) is 8.31. The van der Waals surface area contributed by atoms with Crippen LogP contribution in [0, 0.1) is 20.8 Å². The van der Waals surface area contributed by atoms with Crippen molar-refractivity contribution in [1.29, 1.82) is 0 Å². The van der Waals surface area contributed by atoms with Crippen LogP contribution in [-0.2, 0) is 0 Å². The van der Waals surface area contributed by atoms with Crippen molar-refractivity contribution in [2.75, 3.05) is 39.3 Å². The van der Waals surface area contributed by atoms with Crippen LogP contribution >= 0.6 is 0 Å². The van der Waals surface area contributed by atoms with E-state index in [1.165, 1.54) is 48.3 Å². The molecule has 0 aliphatic carbocycles. The summed E-state index contributed by atoms with van der Waals surface area (Å²) in [4.78, 5) is 5.15. The van der Waals surface area contributed by atoms with Crippen LogP contribution in [0.1, 0.15) is 41.6 Å². The van der Waals surface area contributed by atoms with Crippen LogP contribution in [0.4, 0.5) is 0 Å². The quantitative estimate of drug-likeness (QED) is 0.904. The molecule has 0 aromatic heterocycles. The van der Waals surface area contributed by atoms with Crippen LogP contribution in [-0.4, -0.2) is 49.1 Å². The van der Waals surface area contributed by atoms with Gasteiger partial charge in [-0.15, -0.1) is 0 Å². The summed E-state index contributed by atoms with van der Waals surface area (Å²) in [6.07, 6.45) is 1.25. The highest BCUT2D eigenvalue weighted by molar-refractivity contribution is 5.40. The summed E-state index contributed by atoms with van der Waals surface area (Å²) in [6, 6.07) is 4.95. The van der Waals surface area contributed by atoms with E-state index in [-0.39, 0.29) is 0 Å². The molecular formula is C18H31N3. The van der Waals surface area contributed by atoms with Crippen molar-refractivity contribution in [3.63, 3.8) is 0 Å². The zero-order valence-corrected chi connectivity index (χ0v) is 14.2. The Morgan fingerprint density at radius 3 is 2.10 bits per heavy atom. The van der Waals surface area contributed by atoms with E-state index in [0.29, 0.717) is 12.6 Å². The van der Waals surface area contributed by atoms with Gasteiger partial charge in [-0.05, 0) is 50.4 Å². The topological polar surface area (TPSA) is 32.5 Å². The highest BCUT2D eigenvalue weighted by Crippen LogP contribution is 2.28. The molecule has 1 heterocycles. The second kappa shape index (κ2) is 7.39. The van der Waals surface area contributed by atoms with E-state index in [1.807, 2.05) is 0 Å². The molecule has 1 aliphatic rings. The molecule has 1 aromatic carbocycles. The third kappa shape index (κ3) is 3.85. The standard InChI is InChI=1S/C18H31N3/c1-5-6-20-7-9-21(10-8-20)17(13-19)18-15(3)11-14(2)12-16(18)4/h11-12,17H,5-10,13,19H2,1-4H3. The zero-order valence-electron chi connectivity index (χ0n) is 14.2. The molecule has 0 spiro atoms. The largest absolute Gasteiger partial charge is 0.329 e. The molecule has 1 saturated heterocycles. The van der Waals surface area contributed by atoms with Gasteiger partial charge in [-0.25, -0.2) is 0 Å². The number of hydrogen-bond donors (Lipinski definition) is 1. The maximum Gasteiger partial charge on any atom is 0.0476 e. The van der Waals surface area contributed by atoms with Gasteiger partial charge in [0.05, 0.1) is 0 Å². The van der Waals surface area contributed by atoms with Gasteiger partial charge in [0.1, 0.15) is 0 Å². The summed E-state index contributed by atoms with van der Waals surface area (Å²) in [5.74, 6) is 0. The van der Waals surface area contributed by atoms with Gasteiger partial charge in [-0.2, -0.15) is 0 Å². The molecule has 0 saturated carbocycles. The van der Waals surface area contributed by atoms with E-state index in [4.69, 9.17) is 5.73 Å². The summed E-state index contributed by atoms with van der Waals surface area (Å²) in [7, 11) is 0. The molecule has 1 aliphatic heterocycles. The molecule has 1 fully saturated rings. The summed E-state index contributed by atoms with van der Waals surface area (Å²) >= 11 is 0. The molecule has 0 amide bonds. The van der Waals surface area contributed by atoms with Gasteiger partial charge in [0.15, 0.2) is 0 Å². The Labute approximate surface area is 130 Å². The van der Waals surface area contributed by atoms with Crippen LogP contribution in [0.25, 0.3) is 0 Å². The maximum atomic E-state index is 6.15. The third-order valence-electron chi connectivity index (χ3n) is 4.68. The van der Waals surface area contributed by atoms with Gasteiger partial charge in [0.2, 0.25) is 0 Å². The number of rotatable bonds is 5. The van der Waals surface area contributed by atoms with Crippen molar-refractivity contribution in [1.82, 2.24) is 9.80 Å². The van der Waals surface area contributed by atoms with Crippen molar-refractivity contribution >= 4 is 0 Å². The minimum atomic E-state index is 0.370. The van der Waals surface area contributed by atoms with Crippen molar-refractivity contribution in [2.24, 2.45) is 5.73 Å². The number of nitrogens with two attached hydrogens (primary N) is 1. The van der Waals surface area contributed by atoms with Crippen LogP contribution in [0.5, 0.6) is 0 Å². The Bertz CT molecular complexity index is 439. The molecule has 0 radical (unpaired) electrons. The van der Waals surface area contributed by atoms with E-state index >= 15 is 0 Å². The second-order valence-corrected chi connectivity index (χ2v) is 6.44. The number of aryl methyl sites for hydroxylation is 3. The lowest BCUT2D eigenvalue weighted by molar-refractivity contribution is 0.0981. The Hall–Kier alpha value is -0.900. The van der Waals surface area contributed by atoms with Crippen molar-refractivity contribution < 1.29 is 0 Å². The lowest BCUT2D eigenvalue weighted by atomic mass is 9.92. The molecule has 2 rings (SSSR count). The summed E-state index contributed by atoms with van der Waals surface area (Å²) in [5.41, 5.74) is 11.7. The van der Waals surface area contributed by atoms with Gasteiger partial charge in [-0.1, -0.05) is 24.6 Å². The molecule has 2 N–H and O–H groups in total. The molecular weight excluding hydrogens is 258 g/mol. The first-order chi connectivity index (χ1) is 10.1. The van der Waals surface area contributed by atoms with Crippen molar-refractivity contribution in [2.45, 2.75) is 40.2 Å². The van der Waals surface area contributed by atoms with E-state index < -0.39 is 0 Å². The van der Waals surface area contributed by atoms with Crippen LogP contribution in [0.15, 0.2) is 12.1 Å². The minimum Gasteiger partial charge on any atom is -0.329 e. The molecule has 3 nitrogen and oxygen atoms in total. The fourth-order valence-electron chi connectivity index (χ4n) is 3.78. The van der Waals surface area contributed by atoms with E-state index in [0.717, 1.165) is 13.1 Å². The molecule has 1 aromatic rings. The lowest BCUT2D eigenvalue weighted by Gasteiger charge is -2.40. The monoisotopic (exact) mass is 289 g/mol. The zero-order chi connectivity index (χ0) is 15.4. The minimum absolute atomic E-state index is 0.370. The summed E-state index contributed by atoms with van der Waals surface area (Å²) < 4.78 is 0. The molecule has 118 valence electrons. The first-order valence-corrected chi connectivity index (χ1v) is 8.31. The smallest absolute Gasteiger partial charge is 0.0476 e. The number of piperazine rings is 1. The molecule has 0 bridgehead atoms. The molecule has 21 heavy (non-hydrogen) atoms. The van der Waals surface area contributed by atoms with Crippen LogP contribution in [0.3, 0.4) is 0 Å². The van der Waals surface area contributed by atoms with Crippen molar-refractivity contribution in [3.8, 4) is 0 Å². The van der Waals surface area contributed by atoms with E-state index in [2.05, 4.69) is 49.6 Å². The summed E-state index contributed by atoms with van der Waals surface area (Å²) in [6.45, 7) is 15.4. The van der Waals surface area contributed by atoms with E-state index in [9.17, 15) is 0 Å². The Kier molecular flexibility index (Phi) is 5.80. The van der Waals surface area contributed by atoms with Gasteiger partial charge in [0, 0.05) is 38.8 Å². The predicted octanol–water partition coefficient (Wildman–Crippen LogP) is 2.64. The molecule has 1 atom stereocenters. The fourth-order valence-corrected chi connectivity index (χ4v) is 3.78. The fraction of sp³-hybridized carbons (Fsp3) is 0.667. The normalized spacial score (nSPS) is 18.9. The maximum absolute atomic E-state index is 6.15. The number of hydrogen-bond acceptors (Lipinski definition) is 3. The molecule has 1 unspecified atom stereocenters. The number of nitrogens with zero attached hydrogens (tertiary/aromatic N) is 2. The van der Waals surface area contributed by atoms with E-state index in [1.54, 1.807) is 0 Å². The molecule has 3 heteroatoms. The lowest BCUT2D eigenvalue weighted by Crippen LogP contribution is -2.49. The number of benzene rings is 1. The van der Waals surface area contributed by atoms with Gasteiger partial charge >= 0.3 is 0 Å². The predicted molar refractivity (Wildman–Crippen MR) is 90.8 cm³/mol. The average molecular weight is 289 g/mol. The SMILES string of the molecule is CCCN1CCN(C(CN)c2c(C)cc(C)cc2C)CC1. The van der Waals surface area contributed by atoms with Crippen LogP contribution < -0.4 is 5.73 Å². The highest BCUT2D eigenvalue weighted by Gasteiger charge is 2.25. The Balaban J connectivity index is 2.14. The Morgan fingerprint density at radius 2 is 1.62 bits per heavy atom. The average Bonchev–Trinajstić information content (AvgIpc) is 2.44. The van der Waals surface area contributed by atoms with Gasteiger partial charge in [0.25, 0.3) is 0 Å². The third-order valence-corrected chi connectivity index (χ3v) is 4.68. The van der Waals surface area contributed by atoms with Gasteiger partial charge < -0.3 is 10.6 Å². The summed E-state index contributed by atoms with van der Waals surface area (Å²) in [5, 5.41) is 0. The van der Waals surface area contributed by atoms with Gasteiger partial charge in [-0.3, -0.25) is 4.90 Å². The first kappa shape index (κ1) is 16.5. The van der Waals surface area contributed by atoms with Crippen LogP contribution in [0.2, 0.25) is 0 Å². The Morgan fingerprint density at radius 1 is 1.05 bits per heavy atom. The second-order valence-electron chi connectivity index (χ2n) is 6.44. The van der Waals surface area contributed by atoms with Crippen molar-refractivity contribution in [3.05, 3.63) is 34.4 Å². The highest BCUT2D eigenvalue weighted by atomic mass is 15.3.